The average molecular weight is 446 g/mol. The number of ether oxygens (including phenoxy) is 2. The second-order valence-corrected chi connectivity index (χ2v) is 9.40. The standard InChI is InChI=1S/C20H35Cl3O4/c1-2-3-4-5-6-7-8-9-10-11-12-13-16-26-18(24)14-15-19(25)27-17-20(21,22)23/h2-17H2,1H3. The van der Waals surface area contributed by atoms with Gasteiger partial charge in [0.05, 0.1) is 19.4 Å². The summed E-state index contributed by atoms with van der Waals surface area (Å²) < 4.78 is 8.21. The zero-order valence-corrected chi connectivity index (χ0v) is 18.8. The molecule has 0 aliphatic rings. The van der Waals surface area contributed by atoms with Crippen molar-refractivity contribution in [2.45, 2.75) is 101 Å². The van der Waals surface area contributed by atoms with Gasteiger partial charge in [0.1, 0.15) is 6.61 Å². The van der Waals surface area contributed by atoms with E-state index in [0.29, 0.717) is 6.61 Å². The van der Waals surface area contributed by atoms with E-state index in [1.54, 1.807) is 0 Å². The molecule has 0 atom stereocenters. The van der Waals surface area contributed by atoms with Gasteiger partial charge in [-0.05, 0) is 6.42 Å². The molecule has 0 bridgehead atoms. The Kier molecular flexibility index (Phi) is 17.8. The molecule has 0 aliphatic heterocycles. The number of carbonyl (C=O) groups excluding carboxylic acids is 2. The van der Waals surface area contributed by atoms with E-state index < -0.39 is 15.7 Å². The van der Waals surface area contributed by atoms with Crippen molar-refractivity contribution in [3.8, 4) is 0 Å². The highest BCUT2D eigenvalue weighted by molar-refractivity contribution is 6.67. The van der Waals surface area contributed by atoms with Crippen LogP contribution in [0.1, 0.15) is 96.8 Å². The topological polar surface area (TPSA) is 52.6 Å². The highest BCUT2D eigenvalue weighted by Gasteiger charge is 2.22. The van der Waals surface area contributed by atoms with Gasteiger partial charge in [0.25, 0.3) is 0 Å². The van der Waals surface area contributed by atoms with Crippen molar-refractivity contribution in [1.82, 2.24) is 0 Å². The van der Waals surface area contributed by atoms with Gasteiger partial charge >= 0.3 is 11.9 Å². The van der Waals surface area contributed by atoms with E-state index in [2.05, 4.69) is 6.92 Å². The second kappa shape index (κ2) is 17.9. The quantitative estimate of drug-likeness (QED) is 0.138. The van der Waals surface area contributed by atoms with Gasteiger partial charge in [-0.2, -0.15) is 0 Å². The molecule has 0 aliphatic carbocycles. The van der Waals surface area contributed by atoms with Crippen LogP contribution in [0.3, 0.4) is 0 Å². The molecule has 27 heavy (non-hydrogen) atoms. The van der Waals surface area contributed by atoms with E-state index in [9.17, 15) is 9.59 Å². The first kappa shape index (κ1) is 26.8. The molecule has 0 saturated carbocycles. The maximum atomic E-state index is 11.5. The molecule has 0 aromatic heterocycles. The predicted molar refractivity (Wildman–Crippen MR) is 113 cm³/mol. The summed E-state index contributed by atoms with van der Waals surface area (Å²) >= 11 is 16.4. The Morgan fingerprint density at radius 3 is 1.52 bits per heavy atom. The van der Waals surface area contributed by atoms with Gasteiger partial charge < -0.3 is 9.47 Å². The van der Waals surface area contributed by atoms with Crippen molar-refractivity contribution in [1.29, 1.82) is 0 Å². The first-order valence-electron chi connectivity index (χ1n) is 10.2. The zero-order chi connectivity index (χ0) is 20.4. The molecule has 0 aromatic rings. The molecular weight excluding hydrogens is 411 g/mol. The van der Waals surface area contributed by atoms with Crippen molar-refractivity contribution in [3.63, 3.8) is 0 Å². The van der Waals surface area contributed by atoms with Crippen molar-refractivity contribution in [2.75, 3.05) is 13.2 Å². The average Bonchev–Trinajstić information content (AvgIpc) is 2.61. The first-order valence-corrected chi connectivity index (χ1v) is 11.4. The fourth-order valence-electron chi connectivity index (χ4n) is 2.64. The lowest BCUT2D eigenvalue weighted by Gasteiger charge is -2.11. The minimum Gasteiger partial charge on any atom is -0.466 e. The maximum absolute atomic E-state index is 11.5. The lowest BCUT2D eigenvalue weighted by Crippen LogP contribution is -2.18. The molecule has 0 radical (unpaired) electrons. The number of rotatable bonds is 17. The van der Waals surface area contributed by atoms with Gasteiger partial charge in [0.2, 0.25) is 3.79 Å². The molecule has 0 amide bonds. The summed E-state index contributed by atoms with van der Waals surface area (Å²) in [6.45, 7) is 2.32. The van der Waals surface area contributed by atoms with Crippen molar-refractivity contribution < 1.29 is 19.1 Å². The Labute approximate surface area is 179 Å². The van der Waals surface area contributed by atoms with Crippen LogP contribution in [0.5, 0.6) is 0 Å². The number of halogens is 3. The molecule has 0 aromatic carbocycles. The molecule has 0 unspecified atom stereocenters. The Bertz CT molecular complexity index is 384. The smallest absolute Gasteiger partial charge is 0.306 e. The van der Waals surface area contributed by atoms with E-state index in [-0.39, 0.29) is 19.4 Å². The number of hydrogen-bond acceptors (Lipinski definition) is 4. The number of hydrogen-bond donors (Lipinski definition) is 0. The van der Waals surface area contributed by atoms with E-state index in [4.69, 9.17) is 44.3 Å². The third-order valence-electron chi connectivity index (χ3n) is 4.19. The van der Waals surface area contributed by atoms with Crippen LogP contribution < -0.4 is 0 Å². The minimum atomic E-state index is -1.63. The largest absolute Gasteiger partial charge is 0.466 e. The number of carbonyl (C=O) groups is 2. The van der Waals surface area contributed by atoms with Gasteiger partial charge in [0, 0.05) is 0 Å². The van der Waals surface area contributed by atoms with Gasteiger partial charge in [-0.1, -0.05) is 112 Å². The molecule has 0 heterocycles. The predicted octanol–water partition coefficient (Wildman–Crippen LogP) is 6.92. The normalized spacial score (nSPS) is 11.4. The highest BCUT2D eigenvalue weighted by Crippen LogP contribution is 2.26. The fraction of sp³-hybridized carbons (Fsp3) is 0.900. The highest BCUT2D eigenvalue weighted by atomic mass is 35.6. The van der Waals surface area contributed by atoms with E-state index in [0.717, 1.165) is 12.8 Å². The summed E-state index contributed by atoms with van der Waals surface area (Å²) in [7, 11) is 0. The molecule has 7 heteroatoms. The summed E-state index contributed by atoms with van der Waals surface area (Å²) in [5.74, 6) is -0.979. The second-order valence-electron chi connectivity index (χ2n) is 6.89. The SMILES string of the molecule is CCCCCCCCCCCCCCOC(=O)CCC(=O)OCC(Cl)(Cl)Cl. The Morgan fingerprint density at radius 2 is 1.07 bits per heavy atom. The molecule has 0 spiro atoms. The van der Waals surface area contributed by atoms with Crippen LogP contribution in [-0.2, 0) is 19.1 Å². The van der Waals surface area contributed by atoms with Gasteiger partial charge in [-0.25, -0.2) is 0 Å². The molecule has 0 rings (SSSR count). The number of alkyl halides is 3. The molecule has 0 N–H and O–H groups in total. The monoisotopic (exact) mass is 444 g/mol. The molecule has 160 valence electrons. The van der Waals surface area contributed by atoms with Crippen LogP contribution in [0.4, 0.5) is 0 Å². The molecule has 4 nitrogen and oxygen atoms in total. The summed E-state index contributed by atoms with van der Waals surface area (Å²) in [5.41, 5.74) is 0. The third kappa shape index (κ3) is 22.0. The van der Waals surface area contributed by atoms with Crippen LogP contribution in [0.2, 0.25) is 0 Å². The van der Waals surface area contributed by atoms with E-state index >= 15 is 0 Å². The lowest BCUT2D eigenvalue weighted by molar-refractivity contribution is -0.150. The van der Waals surface area contributed by atoms with Gasteiger partial charge in [-0.3, -0.25) is 9.59 Å². The third-order valence-corrected chi connectivity index (χ3v) is 4.52. The first-order chi connectivity index (χ1) is 12.8. The lowest BCUT2D eigenvalue weighted by atomic mass is 10.1. The van der Waals surface area contributed by atoms with Crippen LogP contribution in [-0.4, -0.2) is 28.9 Å². The van der Waals surface area contributed by atoms with E-state index in [1.165, 1.54) is 64.2 Å². The summed E-state index contributed by atoms with van der Waals surface area (Å²) in [5, 5.41) is 0. The van der Waals surface area contributed by atoms with Crippen LogP contribution >= 0.6 is 34.8 Å². The molecule has 0 fully saturated rings. The van der Waals surface area contributed by atoms with Gasteiger partial charge in [0.15, 0.2) is 0 Å². The zero-order valence-electron chi connectivity index (χ0n) is 16.6. The van der Waals surface area contributed by atoms with Crippen molar-refractivity contribution in [3.05, 3.63) is 0 Å². The van der Waals surface area contributed by atoms with Crippen molar-refractivity contribution >= 4 is 46.7 Å². The summed E-state index contributed by atoms with van der Waals surface area (Å²) in [4.78, 5) is 22.9. The molecule has 0 saturated heterocycles. The Balaban J connectivity index is 3.33. The minimum absolute atomic E-state index is 0.0169. The summed E-state index contributed by atoms with van der Waals surface area (Å²) in [6, 6.07) is 0. The fourth-order valence-corrected chi connectivity index (χ4v) is 2.80. The maximum Gasteiger partial charge on any atom is 0.306 e. The number of esters is 2. The van der Waals surface area contributed by atoms with Crippen LogP contribution in [0, 0.1) is 0 Å². The Hall–Kier alpha value is -0.190. The molecular formula is C20H35Cl3O4. The van der Waals surface area contributed by atoms with Crippen molar-refractivity contribution in [2.24, 2.45) is 0 Å². The van der Waals surface area contributed by atoms with Gasteiger partial charge in [-0.15, -0.1) is 0 Å². The number of unbranched alkanes of at least 4 members (excludes halogenated alkanes) is 11. The van der Waals surface area contributed by atoms with E-state index in [1.807, 2.05) is 0 Å². The summed E-state index contributed by atoms with van der Waals surface area (Å²) in [6.07, 6.45) is 15.0. The Morgan fingerprint density at radius 1 is 0.667 bits per heavy atom. The van der Waals surface area contributed by atoms with Crippen LogP contribution in [0.25, 0.3) is 0 Å². The van der Waals surface area contributed by atoms with Crippen LogP contribution in [0.15, 0.2) is 0 Å².